The molecular formula is C22H25ClIN7. The quantitative estimate of drug-likeness (QED) is 0.180. The van der Waals surface area contributed by atoms with Crippen LogP contribution < -0.4 is 16.4 Å². The number of aliphatic imine (C=N–C) groups is 1. The lowest BCUT2D eigenvalue weighted by Gasteiger charge is -2.11. The molecule has 4 N–H and O–H groups in total. The number of hydrogen-bond donors (Lipinski definition) is 3. The smallest absolute Gasteiger partial charge is 0.191 e. The first-order valence-electron chi connectivity index (χ1n) is 9.64. The van der Waals surface area contributed by atoms with Crippen LogP contribution in [0.25, 0.3) is 5.69 Å². The van der Waals surface area contributed by atoms with E-state index < -0.39 is 0 Å². The Labute approximate surface area is 204 Å². The fourth-order valence-electron chi connectivity index (χ4n) is 3.01. The van der Waals surface area contributed by atoms with Crippen molar-refractivity contribution in [1.29, 1.82) is 5.26 Å². The number of nitrogens with two attached hydrogens (primary N) is 1. The third kappa shape index (κ3) is 6.60. The molecule has 3 aromatic rings. The summed E-state index contributed by atoms with van der Waals surface area (Å²) >= 11 is 5.91. The molecule has 0 aliphatic rings. The normalized spacial score (nSPS) is 10.8. The molecule has 0 bridgehead atoms. The molecule has 0 aliphatic heterocycles. The van der Waals surface area contributed by atoms with Crippen molar-refractivity contribution in [1.82, 2.24) is 20.4 Å². The molecule has 162 valence electrons. The Bertz CT molecular complexity index is 1040. The third-order valence-electron chi connectivity index (χ3n) is 4.59. The number of benzene rings is 2. The molecule has 0 fully saturated rings. The summed E-state index contributed by atoms with van der Waals surface area (Å²) in [4.78, 5) is 4.23. The zero-order valence-corrected chi connectivity index (χ0v) is 20.3. The largest absolute Gasteiger partial charge is 0.382 e. The van der Waals surface area contributed by atoms with Crippen molar-refractivity contribution < 1.29 is 0 Å². The van der Waals surface area contributed by atoms with E-state index >= 15 is 0 Å². The van der Waals surface area contributed by atoms with Crippen LogP contribution in [0.1, 0.15) is 23.2 Å². The summed E-state index contributed by atoms with van der Waals surface area (Å²) in [6, 6.07) is 19.4. The number of hydrogen-bond acceptors (Lipinski definition) is 4. The Hall–Kier alpha value is -2.77. The fraction of sp³-hybridized carbons (Fsp3) is 0.227. The molecule has 0 aliphatic carbocycles. The van der Waals surface area contributed by atoms with Gasteiger partial charge < -0.3 is 16.4 Å². The lowest BCUT2D eigenvalue weighted by atomic mass is 10.1. The molecule has 1 heterocycles. The number of nitrogens with one attached hydrogen (secondary N) is 2. The van der Waals surface area contributed by atoms with E-state index in [-0.39, 0.29) is 24.0 Å². The van der Waals surface area contributed by atoms with Crippen LogP contribution in [0, 0.1) is 11.3 Å². The molecule has 9 heteroatoms. The van der Waals surface area contributed by atoms with Crippen LogP contribution in [0.5, 0.6) is 0 Å². The number of aryl methyl sites for hydroxylation is 1. The second kappa shape index (κ2) is 12.2. The fourth-order valence-corrected chi connectivity index (χ4v) is 3.14. The second-order valence-electron chi connectivity index (χ2n) is 6.65. The average Bonchev–Trinajstić information content (AvgIpc) is 3.10. The van der Waals surface area contributed by atoms with Crippen molar-refractivity contribution in [2.24, 2.45) is 4.99 Å². The van der Waals surface area contributed by atoms with E-state index in [0.29, 0.717) is 47.6 Å². The number of para-hydroxylation sites is 1. The molecule has 7 nitrogen and oxygen atoms in total. The molecule has 0 spiro atoms. The van der Waals surface area contributed by atoms with Gasteiger partial charge in [0.05, 0.1) is 11.4 Å². The number of aromatic nitrogens is 2. The molecule has 0 unspecified atom stereocenters. The summed E-state index contributed by atoms with van der Waals surface area (Å²) < 4.78 is 1.62. The van der Waals surface area contributed by atoms with E-state index in [9.17, 15) is 5.26 Å². The molecule has 2 aromatic carbocycles. The minimum atomic E-state index is 0. The molecule has 0 saturated carbocycles. The zero-order valence-electron chi connectivity index (χ0n) is 17.2. The highest BCUT2D eigenvalue weighted by atomic mass is 127. The maximum absolute atomic E-state index is 9.50. The first kappa shape index (κ1) is 24.5. The highest BCUT2D eigenvalue weighted by Crippen LogP contribution is 2.21. The number of nitrogen functional groups attached to an aromatic ring is 1. The first-order valence-corrected chi connectivity index (χ1v) is 10.0. The lowest BCUT2D eigenvalue weighted by molar-refractivity contribution is 0.722. The van der Waals surface area contributed by atoms with Gasteiger partial charge in [0.15, 0.2) is 5.96 Å². The number of halogens is 2. The summed E-state index contributed by atoms with van der Waals surface area (Å²) in [6.45, 7) is 1.33. The van der Waals surface area contributed by atoms with Crippen LogP contribution in [0.15, 0.2) is 59.6 Å². The van der Waals surface area contributed by atoms with Crippen LogP contribution in [-0.4, -0.2) is 29.3 Å². The van der Waals surface area contributed by atoms with E-state index in [1.165, 1.54) is 0 Å². The Balaban J connectivity index is 0.00000341. The van der Waals surface area contributed by atoms with Gasteiger partial charge in [-0.25, -0.2) is 4.68 Å². The third-order valence-corrected chi connectivity index (χ3v) is 4.84. The van der Waals surface area contributed by atoms with Gasteiger partial charge in [0.2, 0.25) is 0 Å². The average molecular weight is 550 g/mol. The maximum atomic E-state index is 9.50. The summed E-state index contributed by atoms with van der Waals surface area (Å²) in [6.07, 6.45) is 1.41. The molecule has 0 radical (unpaired) electrons. The number of nitriles is 1. The summed E-state index contributed by atoms with van der Waals surface area (Å²) in [5.74, 6) is 1.08. The van der Waals surface area contributed by atoms with Gasteiger partial charge in [-0.1, -0.05) is 41.9 Å². The van der Waals surface area contributed by atoms with Gasteiger partial charge in [-0.3, -0.25) is 4.99 Å². The van der Waals surface area contributed by atoms with E-state index in [1.54, 1.807) is 11.7 Å². The summed E-state index contributed by atoms with van der Waals surface area (Å²) in [7, 11) is 1.73. The van der Waals surface area contributed by atoms with Gasteiger partial charge in [-0.2, -0.15) is 10.4 Å². The Morgan fingerprint density at radius 2 is 1.87 bits per heavy atom. The zero-order chi connectivity index (χ0) is 21.3. The molecule has 31 heavy (non-hydrogen) atoms. The summed E-state index contributed by atoms with van der Waals surface area (Å²) in [5, 5.41) is 21.3. The highest BCUT2D eigenvalue weighted by Gasteiger charge is 2.16. The summed E-state index contributed by atoms with van der Waals surface area (Å²) in [5.41, 5.74) is 9.23. The van der Waals surface area contributed by atoms with E-state index in [2.05, 4.69) is 26.8 Å². The van der Waals surface area contributed by atoms with Crippen molar-refractivity contribution in [3.8, 4) is 11.8 Å². The molecular weight excluding hydrogens is 525 g/mol. The number of rotatable bonds is 7. The predicted octanol–water partition coefficient (Wildman–Crippen LogP) is 3.90. The van der Waals surface area contributed by atoms with Gasteiger partial charge in [0.1, 0.15) is 17.5 Å². The van der Waals surface area contributed by atoms with E-state index in [4.69, 9.17) is 17.3 Å². The van der Waals surface area contributed by atoms with Crippen LogP contribution in [0.2, 0.25) is 5.02 Å². The second-order valence-corrected chi connectivity index (χ2v) is 7.09. The minimum Gasteiger partial charge on any atom is -0.382 e. The van der Waals surface area contributed by atoms with Gasteiger partial charge in [0.25, 0.3) is 0 Å². The van der Waals surface area contributed by atoms with Gasteiger partial charge in [0, 0.05) is 25.2 Å². The van der Waals surface area contributed by atoms with E-state index in [0.717, 1.165) is 17.7 Å². The number of guanidine groups is 1. The monoisotopic (exact) mass is 549 g/mol. The molecule has 0 atom stereocenters. The van der Waals surface area contributed by atoms with Crippen molar-refractivity contribution >= 4 is 47.4 Å². The van der Waals surface area contributed by atoms with Crippen LogP contribution in [0.4, 0.5) is 5.82 Å². The number of nitrogens with zero attached hydrogens (tertiary/aromatic N) is 4. The Kier molecular flexibility index (Phi) is 9.62. The molecule has 1 aromatic heterocycles. The van der Waals surface area contributed by atoms with Crippen LogP contribution >= 0.6 is 35.6 Å². The maximum Gasteiger partial charge on any atom is 0.191 e. The van der Waals surface area contributed by atoms with Gasteiger partial charge >= 0.3 is 0 Å². The van der Waals surface area contributed by atoms with E-state index in [1.807, 2.05) is 54.6 Å². The number of anilines is 1. The SMILES string of the molecule is CN=C(NCCCc1nn(-c2ccccc2)c(N)c1C#N)NCc1ccc(Cl)cc1.I. The lowest BCUT2D eigenvalue weighted by Crippen LogP contribution is -2.37. The topological polar surface area (TPSA) is 104 Å². The minimum absolute atomic E-state index is 0. The Morgan fingerprint density at radius 1 is 1.16 bits per heavy atom. The first-order chi connectivity index (χ1) is 14.6. The molecule has 3 rings (SSSR count). The van der Waals surface area contributed by atoms with Crippen molar-refractivity contribution in [2.75, 3.05) is 19.3 Å². The standard InChI is InChI=1S/C22H24ClN7.HI/c1-26-22(28-15-16-9-11-17(23)12-10-16)27-13-5-8-20-19(14-24)21(25)30(29-20)18-6-3-2-4-7-18;/h2-4,6-7,9-12H,5,8,13,15,25H2,1H3,(H2,26,27,28);1H. The molecule has 0 saturated heterocycles. The van der Waals surface area contributed by atoms with Crippen molar-refractivity contribution in [2.45, 2.75) is 19.4 Å². The Morgan fingerprint density at radius 3 is 2.52 bits per heavy atom. The van der Waals surface area contributed by atoms with Gasteiger partial charge in [-0.15, -0.1) is 24.0 Å². The predicted molar refractivity (Wildman–Crippen MR) is 136 cm³/mol. The van der Waals surface area contributed by atoms with Crippen LogP contribution in [0.3, 0.4) is 0 Å². The van der Waals surface area contributed by atoms with Crippen molar-refractivity contribution in [3.05, 3.63) is 76.4 Å². The molecule has 0 amide bonds. The van der Waals surface area contributed by atoms with Crippen LogP contribution in [-0.2, 0) is 13.0 Å². The highest BCUT2D eigenvalue weighted by molar-refractivity contribution is 14.0. The van der Waals surface area contributed by atoms with Crippen molar-refractivity contribution in [3.63, 3.8) is 0 Å². The van der Waals surface area contributed by atoms with Gasteiger partial charge in [-0.05, 0) is 42.7 Å².